The molecule has 2 aromatic rings. The highest BCUT2D eigenvalue weighted by Crippen LogP contribution is 2.20. The molecule has 5 nitrogen and oxygen atoms in total. The Balaban J connectivity index is 2.37. The molecular weight excluding hydrogens is 264 g/mol. The highest BCUT2D eigenvalue weighted by molar-refractivity contribution is 7.80. The Morgan fingerprint density at radius 1 is 1.47 bits per heavy atom. The van der Waals surface area contributed by atoms with Crippen LogP contribution in [0.15, 0.2) is 33.5 Å². The Hall–Kier alpha value is -1.79. The average Bonchev–Trinajstić information content (AvgIpc) is 2.36. The van der Waals surface area contributed by atoms with Gasteiger partial charge in [-0.2, -0.15) is 12.6 Å². The van der Waals surface area contributed by atoms with Gasteiger partial charge in [0.05, 0.1) is 6.04 Å². The second-order valence-corrected chi connectivity index (χ2v) is 4.60. The Labute approximate surface area is 115 Å². The Morgan fingerprint density at radius 3 is 2.89 bits per heavy atom. The number of nitrogens with two attached hydrogens (primary N) is 1. The van der Waals surface area contributed by atoms with E-state index in [4.69, 9.17) is 10.2 Å². The maximum Gasteiger partial charge on any atom is 0.336 e. The fraction of sp³-hybridized carbons (Fsp3) is 0.231. The first kappa shape index (κ1) is 13.6. The van der Waals surface area contributed by atoms with Gasteiger partial charge in [0.15, 0.2) is 0 Å². The molecular formula is C13H14N2O3S. The van der Waals surface area contributed by atoms with Gasteiger partial charge in [0.2, 0.25) is 5.91 Å². The summed E-state index contributed by atoms with van der Waals surface area (Å²) < 4.78 is 5.10. The zero-order chi connectivity index (χ0) is 14.0. The molecule has 3 N–H and O–H groups in total. The van der Waals surface area contributed by atoms with E-state index < -0.39 is 11.7 Å². The minimum Gasteiger partial charge on any atom is -0.423 e. The molecule has 0 saturated heterocycles. The monoisotopic (exact) mass is 278 g/mol. The van der Waals surface area contributed by atoms with Crippen LogP contribution in [0, 0.1) is 6.92 Å². The molecule has 19 heavy (non-hydrogen) atoms. The summed E-state index contributed by atoms with van der Waals surface area (Å²) in [7, 11) is 0. The van der Waals surface area contributed by atoms with Crippen LogP contribution in [0.2, 0.25) is 0 Å². The van der Waals surface area contributed by atoms with Crippen molar-refractivity contribution in [2.75, 3.05) is 11.1 Å². The fourth-order valence-electron chi connectivity index (χ4n) is 1.72. The number of hydrogen-bond donors (Lipinski definition) is 3. The molecule has 1 atom stereocenters. The third-order valence-electron chi connectivity index (χ3n) is 2.75. The largest absolute Gasteiger partial charge is 0.423 e. The van der Waals surface area contributed by atoms with Crippen LogP contribution in [0.4, 0.5) is 5.69 Å². The highest BCUT2D eigenvalue weighted by Gasteiger charge is 2.12. The number of benzene rings is 1. The lowest BCUT2D eigenvalue weighted by atomic mass is 10.1. The van der Waals surface area contributed by atoms with Crippen LogP contribution in [0.5, 0.6) is 0 Å². The van der Waals surface area contributed by atoms with Crippen LogP contribution >= 0.6 is 12.6 Å². The first-order chi connectivity index (χ1) is 9.01. The van der Waals surface area contributed by atoms with Crippen LogP contribution in [-0.4, -0.2) is 17.7 Å². The van der Waals surface area contributed by atoms with Gasteiger partial charge in [0.1, 0.15) is 5.58 Å². The topological polar surface area (TPSA) is 85.3 Å². The molecule has 0 spiro atoms. The summed E-state index contributed by atoms with van der Waals surface area (Å²) in [6.45, 7) is 1.83. The van der Waals surface area contributed by atoms with E-state index in [1.54, 1.807) is 18.2 Å². The lowest BCUT2D eigenvalue weighted by molar-refractivity contribution is -0.116. The van der Waals surface area contributed by atoms with Gasteiger partial charge in [-0.3, -0.25) is 4.79 Å². The van der Waals surface area contributed by atoms with E-state index in [1.807, 2.05) is 6.92 Å². The zero-order valence-electron chi connectivity index (χ0n) is 10.3. The molecule has 6 heteroatoms. The summed E-state index contributed by atoms with van der Waals surface area (Å²) in [6, 6.07) is 5.88. The Kier molecular flexibility index (Phi) is 3.92. The van der Waals surface area contributed by atoms with Crippen molar-refractivity contribution < 1.29 is 9.21 Å². The first-order valence-corrected chi connectivity index (χ1v) is 6.36. The molecule has 1 amide bonds. The predicted molar refractivity (Wildman–Crippen MR) is 77.7 cm³/mol. The molecule has 1 aromatic heterocycles. The SMILES string of the molecule is Cc1cc(=O)oc2cc(NC(=O)[C@@H](N)CS)ccc12. The number of anilines is 1. The van der Waals surface area contributed by atoms with Crippen molar-refractivity contribution in [1.29, 1.82) is 0 Å². The molecule has 0 radical (unpaired) electrons. The fourth-order valence-corrected chi connectivity index (χ4v) is 1.89. The summed E-state index contributed by atoms with van der Waals surface area (Å²) in [5.74, 6) is -0.0718. The number of carbonyl (C=O) groups excluding carboxylic acids is 1. The second kappa shape index (κ2) is 5.46. The molecule has 0 aliphatic rings. The van der Waals surface area contributed by atoms with E-state index in [0.717, 1.165) is 10.9 Å². The van der Waals surface area contributed by atoms with E-state index >= 15 is 0 Å². The summed E-state index contributed by atoms with van der Waals surface area (Å²) in [5.41, 5.74) is 6.94. The van der Waals surface area contributed by atoms with Crippen LogP contribution in [0.3, 0.4) is 0 Å². The molecule has 1 heterocycles. The minimum absolute atomic E-state index is 0.258. The van der Waals surface area contributed by atoms with Gasteiger partial charge in [0, 0.05) is 29.0 Å². The van der Waals surface area contributed by atoms with Crippen LogP contribution in [0.1, 0.15) is 5.56 Å². The third-order valence-corrected chi connectivity index (χ3v) is 3.15. The van der Waals surface area contributed by atoms with Crippen molar-refractivity contribution in [3.63, 3.8) is 0 Å². The van der Waals surface area contributed by atoms with Crippen molar-refractivity contribution in [3.05, 3.63) is 40.2 Å². The molecule has 0 bridgehead atoms. The normalized spacial score (nSPS) is 12.4. The van der Waals surface area contributed by atoms with Gasteiger partial charge < -0.3 is 15.5 Å². The number of fused-ring (bicyclic) bond motifs is 1. The van der Waals surface area contributed by atoms with Crippen molar-refractivity contribution >= 4 is 35.2 Å². The highest BCUT2D eigenvalue weighted by atomic mass is 32.1. The average molecular weight is 278 g/mol. The number of aryl methyl sites for hydroxylation is 1. The Bertz CT molecular complexity index is 681. The van der Waals surface area contributed by atoms with E-state index in [9.17, 15) is 9.59 Å². The van der Waals surface area contributed by atoms with Gasteiger partial charge in [-0.25, -0.2) is 4.79 Å². The smallest absolute Gasteiger partial charge is 0.336 e. The number of thiol groups is 1. The van der Waals surface area contributed by atoms with Gasteiger partial charge >= 0.3 is 5.63 Å². The zero-order valence-corrected chi connectivity index (χ0v) is 11.2. The molecule has 0 aliphatic heterocycles. The molecule has 100 valence electrons. The van der Waals surface area contributed by atoms with Crippen molar-refractivity contribution in [3.8, 4) is 0 Å². The predicted octanol–water partition coefficient (Wildman–Crippen LogP) is 1.30. The molecule has 2 rings (SSSR count). The third kappa shape index (κ3) is 2.97. The van der Waals surface area contributed by atoms with Crippen LogP contribution in [-0.2, 0) is 4.79 Å². The lowest BCUT2D eigenvalue weighted by Gasteiger charge is -2.10. The quantitative estimate of drug-likeness (QED) is 0.583. The first-order valence-electron chi connectivity index (χ1n) is 5.73. The maximum atomic E-state index is 11.6. The molecule has 0 saturated carbocycles. The van der Waals surface area contributed by atoms with Crippen LogP contribution < -0.4 is 16.7 Å². The van der Waals surface area contributed by atoms with Gasteiger partial charge in [0.25, 0.3) is 0 Å². The number of carbonyl (C=O) groups is 1. The molecule has 0 unspecified atom stereocenters. The number of rotatable bonds is 3. The summed E-state index contributed by atoms with van der Waals surface area (Å²) >= 11 is 3.96. The summed E-state index contributed by atoms with van der Waals surface area (Å²) in [5, 5.41) is 3.48. The standard InChI is InChI=1S/C13H14N2O3S/c1-7-4-12(16)18-11-5-8(2-3-9(7)11)15-13(17)10(14)6-19/h2-5,10,19H,6,14H2,1H3,(H,15,17)/t10-/m0/s1. The maximum absolute atomic E-state index is 11.6. The Morgan fingerprint density at radius 2 is 2.21 bits per heavy atom. The van der Waals surface area contributed by atoms with E-state index in [0.29, 0.717) is 11.3 Å². The number of nitrogens with one attached hydrogen (secondary N) is 1. The number of amides is 1. The van der Waals surface area contributed by atoms with E-state index in [-0.39, 0.29) is 11.7 Å². The van der Waals surface area contributed by atoms with E-state index in [1.165, 1.54) is 6.07 Å². The summed E-state index contributed by atoms with van der Waals surface area (Å²) in [4.78, 5) is 22.9. The van der Waals surface area contributed by atoms with Gasteiger partial charge in [-0.1, -0.05) is 0 Å². The number of hydrogen-bond acceptors (Lipinski definition) is 5. The lowest BCUT2D eigenvalue weighted by Crippen LogP contribution is -2.37. The summed E-state index contributed by atoms with van der Waals surface area (Å²) in [6.07, 6.45) is 0. The van der Waals surface area contributed by atoms with Gasteiger partial charge in [-0.05, 0) is 24.6 Å². The van der Waals surface area contributed by atoms with Crippen molar-refractivity contribution in [2.45, 2.75) is 13.0 Å². The van der Waals surface area contributed by atoms with E-state index in [2.05, 4.69) is 17.9 Å². The van der Waals surface area contributed by atoms with Crippen molar-refractivity contribution in [1.82, 2.24) is 0 Å². The second-order valence-electron chi connectivity index (χ2n) is 4.24. The van der Waals surface area contributed by atoms with Crippen LogP contribution in [0.25, 0.3) is 11.0 Å². The molecule has 0 fully saturated rings. The molecule has 1 aromatic carbocycles. The van der Waals surface area contributed by atoms with Gasteiger partial charge in [-0.15, -0.1) is 0 Å². The van der Waals surface area contributed by atoms with Crippen molar-refractivity contribution in [2.24, 2.45) is 5.73 Å². The minimum atomic E-state index is -0.677. The molecule has 0 aliphatic carbocycles.